The van der Waals surface area contributed by atoms with Gasteiger partial charge in [0.05, 0.1) is 6.61 Å². The molecule has 0 aromatic heterocycles. The molecule has 4 amide bonds. The summed E-state index contributed by atoms with van der Waals surface area (Å²) in [5.41, 5.74) is 3.31. The average molecular weight is 803 g/mol. The molecule has 0 heterocycles. The zero-order chi connectivity index (χ0) is 42.8. The second-order valence-corrected chi connectivity index (χ2v) is 15.3. The van der Waals surface area contributed by atoms with E-state index in [1.165, 1.54) is 0 Å². The van der Waals surface area contributed by atoms with Crippen LogP contribution in [0.5, 0.6) is 11.5 Å². The molecule has 5 aromatic carbocycles. The Labute approximate surface area is 346 Å². The summed E-state index contributed by atoms with van der Waals surface area (Å²) in [6.45, 7) is 14.0. The van der Waals surface area contributed by atoms with Crippen LogP contribution in [0, 0.1) is 0 Å². The van der Waals surface area contributed by atoms with Crippen molar-refractivity contribution in [1.29, 1.82) is 0 Å². The van der Waals surface area contributed by atoms with E-state index in [4.69, 9.17) is 18.9 Å². The van der Waals surface area contributed by atoms with Gasteiger partial charge in [0.25, 0.3) is 11.8 Å². The summed E-state index contributed by atoms with van der Waals surface area (Å²) in [7, 11) is 0. The molecule has 0 spiro atoms. The van der Waals surface area contributed by atoms with Gasteiger partial charge in [-0.25, -0.2) is 9.59 Å². The number of ether oxygens (including phenoxy) is 4. The van der Waals surface area contributed by atoms with Crippen molar-refractivity contribution < 1.29 is 38.1 Å². The minimum absolute atomic E-state index is 0.228. The lowest BCUT2D eigenvalue weighted by molar-refractivity contribution is 0.0624. The lowest BCUT2D eigenvalue weighted by atomic mass is 10.2. The second kappa shape index (κ2) is 21.6. The van der Waals surface area contributed by atoms with Crippen molar-refractivity contribution in [3.05, 3.63) is 144 Å². The van der Waals surface area contributed by atoms with Crippen molar-refractivity contribution in [3.8, 4) is 11.5 Å². The molecule has 5 rings (SSSR count). The van der Waals surface area contributed by atoms with Gasteiger partial charge in [0, 0.05) is 33.9 Å². The molecule has 4 N–H and O–H groups in total. The lowest BCUT2D eigenvalue weighted by Gasteiger charge is -2.19. The summed E-state index contributed by atoms with van der Waals surface area (Å²) in [5, 5.41) is 11.0. The SMILES string of the molecule is CC(C)(C)OC(=O)Nc1ccc(NC(=O)c2cccc(OCc3ccccc3)c2)cc1.CCCCOc1cccc(C(=O)Nc2ccc(NC(=O)OC(C)(C)C)cc2)c1. The molecule has 0 aliphatic carbocycles. The largest absolute Gasteiger partial charge is 0.494 e. The highest BCUT2D eigenvalue weighted by atomic mass is 16.6. The van der Waals surface area contributed by atoms with Crippen molar-refractivity contribution in [2.24, 2.45) is 0 Å². The molecule has 0 atom stereocenters. The smallest absolute Gasteiger partial charge is 0.412 e. The quantitative estimate of drug-likeness (QED) is 0.0858. The van der Waals surface area contributed by atoms with Crippen molar-refractivity contribution in [1.82, 2.24) is 0 Å². The molecule has 0 saturated carbocycles. The first-order valence-electron chi connectivity index (χ1n) is 19.4. The number of nitrogens with one attached hydrogen (secondary N) is 4. The van der Waals surface area contributed by atoms with E-state index < -0.39 is 23.4 Å². The summed E-state index contributed by atoms with van der Waals surface area (Å²) in [6.07, 6.45) is 0.972. The summed E-state index contributed by atoms with van der Waals surface area (Å²) in [4.78, 5) is 48.7. The number of rotatable bonds is 13. The summed E-state index contributed by atoms with van der Waals surface area (Å²) >= 11 is 0. The van der Waals surface area contributed by atoms with Crippen LogP contribution in [0.4, 0.5) is 32.3 Å². The van der Waals surface area contributed by atoms with E-state index in [1.54, 1.807) is 126 Å². The summed E-state index contributed by atoms with van der Waals surface area (Å²) in [5.74, 6) is 0.818. The predicted molar refractivity (Wildman–Crippen MR) is 233 cm³/mol. The Hall–Kier alpha value is -6.82. The number of amides is 4. The van der Waals surface area contributed by atoms with E-state index >= 15 is 0 Å². The molecule has 0 saturated heterocycles. The first kappa shape index (κ1) is 44.9. The van der Waals surface area contributed by atoms with Gasteiger partial charge in [-0.15, -0.1) is 0 Å². The Morgan fingerprint density at radius 3 is 1.31 bits per heavy atom. The Kier molecular flexibility index (Phi) is 16.5. The number of hydrogen-bond acceptors (Lipinski definition) is 8. The van der Waals surface area contributed by atoms with Crippen LogP contribution >= 0.6 is 0 Å². The zero-order valence-corrected chi connectivity index (χ0v) is 34.7. The lowest BCUT2D eigenvalue weighted by Crippen LogP contribution is -2.27. The first-order valence-corrected chi connectivity index (χ1v) is 19.4. The fourth-order valence-corrected chi connectivity index (χ4v) is 5.05. The Morgan fingerprint density at radius 1 is 0.492 bits per heavy atom. The van der Waals surface area contributed by atoms with E-state index in [0.717, 1.165) is 18.4 Å². The molecule has 12 nitrogen and oxygen atoms in total. The van der Waals surface area contributed by atoms with Gasteiger partial charge in [-0.2, -0.15) is 0 Å². The third kappa shape index (κ3) is 17.1. The minimum Gasteiger partial charge on any atom is -0.494 e. The molecule has 0 unspecified atom stereocenters. The maximum absolute atomic E-state index is 12.6. The maximum Gasteiger partial charge on any atom is 0.412 e. The Balaban J connectivity index is 0.000000262. The van der Waals surface area contributed by atoms with E-state index in [1.807, 2.05) is 42.5 Å². The average Bonchev–Trinajstić information content (AvgIpc) is 3.18. The Bertz CT molecular complexity index is 2130. The normalized spacial score (nSPS) is 10.8. The van der Waals surface area contributed by atoms with Gasteiger partial charge in [-0.3, -0.25) is 20.2 Å². The van der Waals surface area contributed by atoms with Crippen LogP contribution in [0.3, 0.4) is 0 Å². The fraction of sp³-hybridized carbons (Fsp3) is 0.277. The van der Waals surface area contributed by atoms with E-state index in [-0.39, 0.29) is 11.8 Å². The van der Waals surface area contributed by atoms with Gasteiger partial charge in [0.15, 0.2) is 0 Å². The van der Waals surface area contributed by atoms with Gasteiger partial charge >= 0.3 is 12.2 Å². The highest BCUT2D eigenvalue weighted by molar-refractivity contribution is 6.05. The van der Waals surface area contributed by atoms with Gasteiger partial charge in [0.1, 0.15) is 29.3 Å². The molecule has 0 aliphatic rings. The molecule has 0 aliphatic heterocycles. The predicted octanol–water partition coefficient (Wildman–Crippen LogP) is 11.3. The zero-order valence-electron chi connectivity index (χ0n) is 34.7. The van der Waals surface area contributed by atoms with Gasteiger partial charge in [0.2, 0.25) is 0 Å². The number of carbonyl (C=O) groups excluding carboxylic acids is 4. The molecule has 310 valence electrons. The molecule has 59 heavy (non-hydrogen) atoms. The topological polar surface area (TPSA) is 153 Å². The van der Waals surface area contributed by atoms with Crippen LogP contribution in [-0.4, -0.2) is 41.8 Å². The molecule has 0 fully saturated rings. The number of anilines is 4. The fourth-order valence-electron chi connectivity index (χ4n) is 5.05. The van der Waals surface area contributed by atoms with Crippen LogP contribution < -0.4 is 30.7 Å². The molecular formula is C47H54N4O8. The third-order valence-electron chi connectivity index (χ3n) is 7.78. The van der Waals surface area contributed by atoms with Crippen LogP contribution in [0.1, 0.15) is 87.6 Å². The first-order chi connectivity index (χ1) is 28.0. The molecule has 12 heteroatoms. The molecule has 0 bridgehead atoms. The van der Waals surface area contributed by atoms with Crippen LogP contribution in [0.15, 0.2) is 127 Å². The van der Waals surface area contributed by atoms with Crippen molar-refractivity contribution in [3.63, 3.8) is 0 Å². The minimum atomic E-state index is -0.572. The van der Waals surface area contributed by atoms with E-state index in [0.29, 0.717) is 58.6 Å². The van der Waals surface area contributed by atoms with Crippen molar-refractivity contribution >= 4 is 46.8 Å². The molecular weight excluding hydrogens is 749 g/mol. The third-order valence-corrected chi connectivity index (χ3v) is 7.78. The van der Waals surface area contributed by atoms with Crippen molar-refractivity contribution in [2.75, 3.05) is 27.9 Å². The highest BCUT2D eigenvalue weighted by Crippen LogP contribution is 2.21. The van der Waals surface area contributed by atoms with Gasteiger partial charge in [-0.05, 0) is 138 Å². The standard InChI is InChI=1S/C25H26N2O4.C22H28N2O4/c1-25(2,3)31-24(29)27-21-14-12-20(13-15-21)26-23(28)19-10-7-11-22(16-19)30-17-18-8-5-4-6-9-18;1-5-6-14-27-19-9-7-8-16(15-19)20(25)23-17-10-12-18(13-11-17)24-21(26)28-22(2,3)4/h4-16H,17H2,1-3H3,(H,26,28)(H,27,29);7-13,15H,5-6,14H2,1-4H3,(H,23,25)(H,24,26). The Morgan fingerprint density at radius 2 is 0.898 bits per heavy atom. The number of unbranched alkanes of at least 4 members (excludes halogenated alkanes) is 1. The second-order valence-electron chi connectivity index (χ2n) is 15.3. The summed E-state index contributed by atoms with van der Waals surface area (Å²) in [6, 6.07) is 37.6. The number of hydrogen-bond donors (Lipinski definition) is 4. The van der Waals surface area contributed by atoms with Crippen LogP contribution in [0.25, 0.3) is 0 Å². The highest BCUT2D eigenvalue weighted by Gasteiger charge is 2.17. The number of benzene rings is 5. The van der Waals surface area contributed by atoms with Gasteiger partial charge < -0.3 is 29.6 Å². The molecule has 0 radical (unpaired) electrons. The van der Waals surface area contributed by atoms with Gasteiger partial charge in [-0.1, -0.05) is 55.8 Å². The van der Waals surface area contributed by atoms with E-state index in [2.05, 4.69) is 28.2 Å². The monoisotopic (exact) mass is 802 g/mol. The van der Waals surface area contributed by atoms with E-state index in [9.17, 15) is 19.2 Å². The van der Waals surface area contributed by atoms with Crippen LogP contribution in [0.2, 0.25) is 0 Å². The van der Waals surface area contributed by atoms with Crippen molar-refractivity contribution in [2.45, 2.75) is 79.1 Å². The summed E-state index contributed by atoms with van der Waals surface area (Å²) < 4.78 is 21.9. The van der Waals surface area contributed by atoms with Crippen LogP contribution in [-0.2, 0) is 16.1 Å². The molecule has 5 aromatic rings. The number of carbonyl (C=O) groups is 4. The maximum atomic E-state index is 12.6.